The lowest BCUT2D eigenvalue weighted by molar-refractivity contribution is -0.140. The molecule has 0 saturated carbocycles. The molecule has 2 aromatic rings. The number of methoxy groups -OCH3 is 2. The molecule has 1 aliphatic heterocycles. The molecular formula is C20H14Cl3F3N2O6. The van der Waals surface area contributed by atoms with E-state index in [1.54, 1.807) is 0 Å². The molecular weight excluding hydrogens is 528 g/mol. The Hall–Kier alpha value is -2.73. The molecule has 1 aromatic carbocycles. The van der Waals surface area contributed by atoms with Gasteiger partial charge in [-0.05, 0) is 18.2 Å². The van der Waals surface area contributed by atoms with E-state index in [1.165, 1.54) is 17.0 Å². The minimum absolute atomic E-state index is 0.0890. The van der Waals surface area contributed by atoms with Crippen molar-refractivity contribution in [2.75, 3.05) is 32.5 Å². The Balaban J connectivity index is 2.00. The Kier molecular flexibility index (Phi) is 7.81. The van der Waals surface area contributed by atoms with E-state index in [4.69, 9.17) is 53.8 Å². The number of benzene rings is 1. The van der Waals surface area contributed by atoms with Gasteiger partial charge in [-0.1, -0.05) is 34.8 Å². The number of carbonyl (C=O) groups is 2. The van der Waals surface area contributed by atoms with E-state index >= 15 is 0 Å². The molecule has 3 rings (SSSR count). The van der Waals surface area contributed by atoms with Gasteiger partial charge in [-0.25, -0.2) is 14.6 Å². The number of esters is 2. The first kappa shape index (κ1) is 25.9. The maximum absolute atomic E-state index is 12.8. The highest BCUT2D eigenvalue weighted by molar-refractivity contribution is 6.38. The van der Waals surface area contributed by atoms with E-state index in [0.717, 1.165) is 14.2 Å². The maximum Gasteiger partial charge on any atom is 0.417 e. The van der Waals surface area contributed by atoms with Gasteiger partial charge in [-0.3, -0.25) is 0 Å². The molecule has 0 radical (unpaired) electrons. The smallest absolute Gasteiger partial charge is 0.417 e. The van der Waals surface area contributed by atoms with Crippen LogP contribution in [0.25, 0.3) is 0 Å². The second-order valence-corrected chi connectivity index (χ2v) is 7.79. The first-order valence-corrected chi connectivity index (χ1v) is 10.3. The van der Waals surface area contributed by atoms with Crippen molar-refractivity contribution in [2.24, 2.45) is 0 Å². The number of pyridine rings is 1. The molecule has 0 unspecified atom stereocenters. The standard InChI is InChI=1S/C20H14Cl3F3N2O6/c1-31-18(29)11-7-33-8-28(15(11)19(30)32-2)10-4-12(21)16(13(22)5-10)34-17-14(23)3-9(6-27-17)20(24,25)26/h3-6H,7-8H2,1-2H3. The van der Waals surface area contributed by atoms with E-state index in [9.17, 15) is 22.8 Å². The average Bonchev–Trinajstić information content (AvgIpc) is 2.79. The number of hydrogen-bond donors (Lipinski definition) is 0. The van der Waals surface area contributed by atoms with Crippen LogP contribution in [0.15, 0.2) is 35.7 Å². The number of carbonyl (C=O) groups excluding carboxylic acids is 2. The van der Waals surface area contributed by atoms with Crippen molar-refractivity contribution in [3.63, 3.8) is 0 Å². The van der Waals surface area contributed by atoms with Crippen LogP contribution in [0.1, 0.15) is 5.56 Å². The maximum atomic E-state index is 12.8. The topological polar surface area (TPSA) is 87.2 Å². The van der Waals surface area contributed by atoms with Gasteiger partial charge in [0.15, 0.2) is 5.75 Å². The van der Waals surface area contributed by atoms with Crippen LogP contribution in [0.4, 0.5) is 18.9 Å². The van der Waals surface area contributed by atoms with Crippen LogP contribution in [-0.2, 0) is 30.0 Å². The van der Waals surface area contributed by atoms with Crippen molar-refractivity contribution in [3.8, 4) is 11.6 Å². The van der Waals surface area contributed by atoms with Gasteiger partial charge in [0, 0.05) is 11.9 Å². The molecule has 0 N–H and O–H groups in total. The van der Waals surface area contributed by atoms with Crippen molar-refractivity contribution >= 4 is 52.4 Å². The van der Waals surface area contributed by atoms with Gasteiger partial charge in [0.2, 0.25) is 5.88 Å². The summed E-state index contributed by atoms with van der Waals surface area (Å²) in [5, 5.41) is -0.626. The first-order chi connectivity index (χ1) is 16.0. The number of rotatable bonds is 5. The molecule has 14 heteroatoms. The fourth-order valence-corrected chi connectivity index (χ4v) is 3.66. The largest absolute Gasteiger partial charge is 0.466 e. The average molecular weight is 542 g/mol. The van der Waals surface area contributed by atoms with Gasteiger partial charge in [-0.2, -0.15) is 13.2 Å². The molecule has 0 amide bonds. The van der Waals surface area contributed by atoms with Crippen LogP contribution in [0, 0.1) is 0 Å². The van der Waals surface area contributed by atoms with Crippen molar-refractivity contribution in [1.29, 1.82) is 0 Å². The van der Waals surface area contributed by atoms with Gasteiger partial charge >= 0.3 is 18.1 Å². The second-order valence-electron chi connectivity index (χ2n) is 6.57. The van der Waals surface area contributed by atoms with Crippen LogP contribution in [0.3, 0.4) is 0 Å². The molecule has 0 spiro atoms. The monoisotopic (exact) mass is 540 g/mol. The molecule has 2 heterocycles. The number of halogens is 6. The quantitative estimate of drug-likeness (QED) is 0.475. The molecule has 0 saturated heterocycles. The van der Waals surface area contributed by atoms with E-state index in [2.05, 4.69) is 4.98 Å². The number of hydrogen-bond acceptors (Lipinski definition) is 8. The molecule has 1 aliphatic rings. The number of ether oxygens (including phenoxy) is 4. The van der Waals surface area contributed by atoms with Crippen LogP contribution in [0.2, 0.25) is 15.1 Å². The van der Waals surface area contributed by atoms with Gasteiger partial charge in [0.1, 0.15) is 17.5 Å². The summed E-state index contributed by atoms with van der Waals surface area (Å²) < 4.78 is 58.8. The highest BCUT2D eigenvalue weighted by Gasteiger charge is 2.34. The Morgan fingerprint density at radius 1 is 1.03 bits per heavy atom. The van der Waals surface area contributed by atoms with Crippen LogP contribution in [0.5, 0.6) is 11.6 Å². The predicted molar refractivity (Wildman–Crippen MR) is 115 cm³/mol. The summed E-state index contributed by atoms with van der Waals surface area (Å²) in [5.41, 5.74) is -1.08. The van der Waals surface area contributed by atoms with Crippen molar-refractivity contribution in [2.45, 2.75) is 6.18 Å². The second kappa shape index (κ2) is 10.3. The van der Waals surface area contributed by atoms with Crippen molar-refractivity contribution in [3.05, 3.63) is 56.3 Å². The van der Waals surface area contributed by atoms with Gasteiger partial charge in [-0.15, -0.1) is 0 Å². The van der Waals surface area contributed by atoms with Crippen molar-refractivity contribution in [1.82, 2.24) is 4.98 Å². The van der Waals surface area contributed by atoms with E-state index < -0.39 is 28.7 Å². The SMILES string of the molecule is COC(=O)C1=C(C(=O)OC)N(c2cc(Cl)c(Oc3ncc(C(F)(F)F)cc3Cl)c(Cl)c2)COC1. The molecule has 0 bridgehead atoms. The van der Waals surface area contributed by atoms with Crippen molar-refractivity contribution < 1.29 is 41.7 Å². The summed E-state index contributed by atoms with van der Waals surface area (Å²) >= 11 is 18.5. The summed E-state index contributed by atoms with van der Waals surface area (Å²) in [6.45, 7) is -0.363. The predicted octanol–water partition coefficient (Wildman–Crippen LogP) is 5.25. The third-order valence-corrected chi connectivity index (χ3v) is 5.29. The number of anilines is 1. The summed E-state index contributed by atoms with van der Waals surface area (Å²) in [6.07, 6.45) is -4.10. The zero-order valence-corrected chi connectivity index (χ0v) is 19.6. The Morgan fingerprint density at radius 2 is 1.65 bits per heavy atom. The number of nitrogens with zero attached hydrogens (tertiary/aromatic N) is 2. The third kappa shape index (κ3) is 5.33. The number of alkyl halides is 3. The summed E-state index contributed by atoms with van der Waals surface area (Å²) in [5.74, 6) is -2.16. The Morgan fingerprint density at radius 3 is 2.18 bits per heavy atom. The highest BCUT2D eigenvalue weighted by atomic mass is 35.5. The highest BCUT2D eigenvalue weighted by Crippen LogP contribution is 2.42. The minimum atomic E-state index is -4.64. The van der Waals surface area contributed by atoms with E-state index in [-0.39, 0.29) is 52.0 Å². The van der Waals surface area contributed by atoms with Gasteiger partial charge < -0.3 is 23.8 Å². The van der Waals surface area contributed by atoms with E-state index in [0.29, 0.717) is 12.3 Å². The summed E-state index contributed by atoms with van der Waals surface area (Å²) in [6, 6.07) is 3.30. The molecule has 1 aromatic heterocycles. The lowest BCUT2D eigenvalue weighted by Gasteiger charge is -2.31. The third-order valence-electron chi connectivity index (χ3n) is 4.46. The molecule has 182 valence electrons. The lowest BCUT2D eigenvalue weighted by atomic mass is 10.1. The summed E-state index contributed by atoms with van der Waals surface area (Å²) in [4.78, 5) is 29.4. The van der Waals surface area contributed by atoms with Gasteiger partial charge in [0.25, 0.3) is 0 Å². The molecule has 0 fully saturated rings. The molecule has 0 aliphatic carbocycles. The van der Waals surface area contributed by atoms with Crippen LogP contribution >= 0.6 is 34.8 Å². The molecule has 34 heavy (non-hydrogen) atoms. The lowest BCUT2D eigenvalue weighted by Crippen LogP contribution is -2.38. The molecule has 0 atom stereocenters. The fourth-order valence-electron chi connectivity index (χ4n) is 2.90. The number of aromatic nitrogens is 1. The van der Waals surface area contributed by atoms with Gasteiger partial charge in [0.05, 0.1) is 42.0 Å². The normalized spacial score (nSPS) is 14.2. The molecule has 8 nitrogen and oxygen atoms in total. The Labute approximate surface area is 205 Å². The van der Waals surface area contributed by atoms with E-state index in [1.807, 2.05) is 0 Å². The van der Waals surface area contributed by atoms with Crippen LogP contribution in [-0.4, -0.2) is 44.5 Å². The Bertz CT molecular complexity index is 1150. The zero-order valence-electron chi connectivity index (χ0n) is 17.3. The minimum Gasteiger partial charge on any atom is -0.466 e. The summed E-state index contributed by atoms with van der Waals surface area (Å²) in [7, 11) is 2.28. The first-order valence-electron chi connectivity index (χ1n) is 9.12. The zero-order chi connectivity index (χ0) is 25.2. The van der Waals surface area contributed by atoms with Crippen LogP contribution < -0.4 is 9.64 Å². The fraction of sp³-hybridized carbons (Fsp3) is 0.250.